The molecule has 106 valence electrons. The number of hydrogen-bond donors (Lipinski definition) is 1. The molecule has 1 fully saturated rings. The summed E-state index contributed by atoms with van der Waals surface area (Å²) in [4.78, 5) is 13.7. The fourth-order valence-corrected chi connectivity index (χ4v) is 2.63. The van der Waals surface area contributed by atoms with E-state index in [4.69, 9.17) is 0 Å². The van der Waals surface area contributed by atoms with Gasteiger partial charge in [0.25, 0.3) is 0 Å². The molecular formula is C15H29NO2. The highest BCUT2D eigenvalue weighted by Gasteiger charge is 2.26. The molecule has 0 aromatic heterocycles. The second-order valence-corrected chi connectivity index (χ2v) is 6.32. The summed E-state index contributed by atoms with van der Waals surface area (Å²) >= 11 is 0. The number of carbonyl (C=O) groups is 1. The van der Waals surface area contributed by atoms with Crippen LogP contribution < -0.4 is 0 Å². The number of likely N-dealkylation sites (N-methyl/N-ethyl adjacent to an activating group) is 1. The van der Waals surface area contributed by atoms with Crippen LogP contribution >= 0.6 is 0 Å². The summed E-state index contributed by atoms with van der Waals surface area (Å²) < 4.78 is 0. The molecule has 3 nitrogen and oxygen atoms in total. The molecule has 1 N–H and O–H groups in total. The van der Waals surface area contributed by atoms with E-state index in [1.807, 2.05) is 13.8 Å². The Kier molecular flexibility index (Phi) is 6.13. The zero-order valence-electron chi connectivity index (χ0n) is 12.2. The van der Waals surface area contributed by atoms with Gasteiger partial charge in [0.05, 0.1) is 12.1 Å². The van der Waals surface area contributed by atoms with Gasteiger partial charge in [-0.05, 0) is 32.6 Å². The van der Waals surface area contributed by atoms with E-state index in [1.54, 1.807) is 11.9 Å². The van der Waals surface area contributed by atoms with Crippen LogP contribution in [0.4, 0.5) is 0 Å². The second-order valence-electron chi connectivity index (χ2n) is 6.32. The van der Waals surface area contributed by atoms with E-state index in [-0.39, 0.29) is 12.5 Å². The van der Waals surface area contributed by atoms with Crippen molar-refractivity contribution in [1.29, 1.82) is 0 Å². The summed E-state index contributed by atoms with van der Waals surface area (Å²) in [6, 6.07) is 0. The lowest BCUT2D eigenvalue weighted by Gasteiger charge is -2.34. The van der Waals surface area contributed by atoms with Crippen molar-refractivity contribution in [3.8, 4) is 0 Å². The van der Waals surface area contributed by atoms with E-state index < -0.39 is 5.54 Å². The molecular weight excluding hydrogens is 226 g/mol. The lowest BCUT2D eigenvalue weighted by atomic mass is 9.86. The summed E-state index contributed by atoms with van der Waals surface area (Å²) in [5.41, 5.74) is -0.443. The van der Waals surface area contributed by atoms with Crippen LogP contribution in [0.15, 0.2) is 0 Å². The molecule has 0 aromatic rings. The van der Waals surface area contributed by atoms with Crippen LogP contribution in [-0.4, -0.2) is 35.1 Å². The molecule has 0 atom stereocenters. The Balaban J connectivity index is 2.24. The summed E-state index contributed by atoms with van der Waals surface area (Å²) in [5.74, 6) is 1.01. The second kappa shape index (κ2) is 7.13. The standard InChI is InChI=1S/C15H29NO2/c1-15(2,12-17)16(3)14(18)11-7-10-13-8-5-4-6-9-13/h13,17H,4-12H2,1-3H3. The minimum absolute atomic E-state index is 0.0118. The van der Waals surface area contributed by atoms with E-state index in [0.29, 0.717) is 6.42 Å². The maximum absolute atomic E-state index is 12.0. The van der Waals surface area contributed by atoms with Crippen LogP contribution in [0.25, 0.3) is 0 Å². The molecule has 0 spiro atoms. The minimum Gasteiger partial charge on any atom is -0.394 e. The van der Waals surface area contributed by atoms with Gasteiger partial charge in [0, 0.05) is 13.5 Å². The number of nitrogens with zero attached hydrogens (tertiary/aromatic N) is 1. The van der Waals surface area contributed by atoms with Gasteiger partial charge in [-0.15, -0.1) is 0 Å². The highest BCUT2D eigenvalue weighted by Crippen LogP contribution is 2.28. The quantitative estimate of drug-likeness (QED) is 0.792. The predicted octanol–water partition coefficient (Wildman–Crippen LogP) is 2.97. The molecule has 18 heavy (non-hydrogen) atoms. The van der Waals surface area contributed by atoms with Gasteiger partial charge in [-0.3, -0.25) is 4.79 Å². The molecule has 1 aliphatic carbocycles. The molecule has 1 aliphatic rings. The number of hydrogen-bond acceptors (Lipinski definition) is 2. The molecule has 0 aliphatic heterocycles. The van der Waals surface area contributed by atoms with Crippen molar-refractivity contribution in [2.24, 2.45) is 5.92 Å². The maximum Gasteiger partial charge on any atom is 0.222 e. The number of aliphatic hydroxyl groups is 1. The van der Waals surface area contributed by atoms with Crippen LogP contribution in [0.5, 0.6) is 0 Å². The Hall–Kier alpha value is -0.570. The molecule has 1 saturated carbocycles. The first kappa shape index (κ1) is 15.5. The first-order valence-corrected chi connectivity index (χ1v) is 7.35. The van der Waals surface area contributed by atoms with Crippen LogP contribution in [-0.2, 0) is 4.79 Å². The molecule has 0 radical (unpaired) electrons. The van der Waals surface area contributed by atoms with Crippen molar-refractivity contribution in [1.82, 2.24) is 4.90 Å². The fourth-order valence-electron chi connectivity index (χ4n) is 2.63. The highest BCUT2D eigenvalue weighted by atomic mass is 16.3. The van der Waals surface area contributed by atoms with Gasteiger partial charge in [-0.25, -0.2) is 0 Å². The van der Waals surface area contributed by atoms with Crippen molar-refractivity contribution in [3.05, 3.63) is 0 Å². The van der Waals surface area contributed by atoms with Crippen molar-refractivity contribution in [2.75, 3.05) is 13.7 Å². The monoisotopic (exact) mass is 255 g/mol. The van der Waals surface area contributed by atoms with Gasteiger partial charge in [-0.1, -0.05) is 32.1 Å². The van der Waals surface area contributed by atoms with E-state index >= 15 is 0 Å². The summed E-state index contributed by atoms with van der Waals surface area (Å²) in [7, 11) is 1.79. The van der Waals surface area contributed by atoms with E-state index in [9.17, 15) is 9.90 Å². The minimum atomic E-state index is -0.443. The summed E-state index contributed by atoms with van der Waals surface area (Å²) in [5, 5.41) is 9.25. The van der Waals surface area contributed by atoms with E-state index in [2.05, 4.69) is 0 Å². The topological polar surface area (TPSA) is 40.5 Å². The highest BCUT2D eigenvalue weighted by molar-refractivity contribution is 5.76. The van der Waals surface area contributed by atoms with Crippen LogP contribution in [0.1, 0.15) is 65.2 Å². The molecule has 0 heterocycles. The number of aliphatic hydroxyl groups excluding tert-OH is 1. The van der Waals surface area contributed by atoms with E-state index in [0.717, 1.165) is 12.3 Å². The molecule has 1 rings (SSSR count). The SMILES string of the molecule is CN(C(=O)CCCC1CCCCC1)C(C)(C)CO. The normalized spacial score (nSPS) is 17.8. The lowest BCUT2D eigenvalue weighted by Crippen LogP contribution is -2.47. The Morgan fingerprint density at radius 3 is 2.44 bits per heavy atom. The Morgan fingerprint density at radius 2 is 1.89 bits per heavy atom. The maximum atomic E-state index is 12.0. The van der Waals surface area contributed by atoms with Crippen molar-refractivity contribution in [2.45, 2.75) is 70.8 Å². The Morgan fingerprint density at radius 1 is 1.28 bits per heavy atom. The van der Waals surface area contributed by atoms with Gasteiger partial charge >= 0.3 is 0 Å². The Labute approximate surface area is 112 Å². The lowest BCUT2D eigenvalue weighted by molar-refractivity contribution is -0.136. The third-order valence-corrected chi connectivity index (χ3v) is 4.40. The van der Waals surface area contributed by atoms with Crippen molar-refractivity contribution < 1.29 is 9.90 Å². The number of amides is 1. The number of carbonyl (C=O) groups excluding carboxylic acids is 1. The molecule has 0 bridgehead atoms. The van der Waals surface area contributed by atoms with Gasteiger partial charge in [0.2, 0.25) is 5.91 Å². The zero-order valence-corrected chi connectivity index (χ0v) is 12.2. The summed E-state index contributed by atoms with van der Waals surface area (Å²) in [6.07, 6.45) is 9.65. The third-order valence-electron chi connectivity index (χ3n) is 4.40. The molecule has 0 unspecified atom stereocenters. The average molecular weight is 255 g/mol. The van der Waals surface area contributed by atoms with Gasteiger partial charge in [-0.2, -0.15) is 0 Å². The smallest absolute Gasteiger partial charge is 0.222 e. The molecule has 0 aromatic carbocycles. The van der Waals surface area contributed by atoms with E-state index in [1.165, 1.54) is 38.5 Å². The largest absolute Gasteiger partial charge is 0.394 e. The van der Waals surface area contributed by atoms with Crippen LogP contribution in [0, 0.1) is 5.92 Å². The first-order valence-electron chi connectivity index (χ1n) is 7.35. The van der Waals surface area contributed by atoms with Gasteiger partial charge < -0.3 is 10.0 Å². The Bertz CT molecular complexity index is 257. The number of rotatable bonds is 6. The zero-order chi connectivity index (χ0) is 13.6. The molecule has 1 amide bonds. The fraction of sp³-hybridized carbons (Fsp3) is 0.933. The molecule has 3 heteroatoms. The third kappa shape index (κ3) is 4.60. The first-order chi connectivity index (χ1) is 8.47. The predicted molar refractivity (Wildman–Crippen MR) is 74.4 cm³/mol. The summed E-state index contributed by atoms with van der Waals surface area (Å²) in [6.45, 7) is 3.80. The van der Waals surface area contributed by atoms with Crippen molar-refractivity contribution >= 4 is 5.91 Å². The van der Waals surface area contributed by atoms with Crippen LogP contribution in [0.3, 0.4) is 0 Å². The van der Waals surface area contributed by atoms with Gasteiger partial charge in [0.1, 0.15) is 0 Å². The average Bonchev–Trinajstić information content (AvgIpc) is 2.39. The van der Waals surface area contributed by atoms with Gasteiger partial charge in [0.15, 0.2) is 0 Å². The van der Waals surface area contributed by atoms with Crippen LogP contribution in [0.2, 0.25) is 0 Å². The van der Waals surface area contributed by atoms with Crippen molar-refractivity contribution in [3.63, 3.8) is 0 Å². The molecule has 0 saturated heterocycles.